The maximum Gasteiger partial charge on any atom is 0.410 e. The smallest absolute Gasteiger partial charge is 0.410 e. The lowest BCUT2D eigenvalue weighted by Gasteiger charge is -2.48. The molecule has 6 rings (SSSR count). The van der Waals surface area contributed by atoms with Gasteiger partial charge in [-0.3, -0.25) is 4.79 Å². The zero-order valence-corrected chi connectivity index (χ0v) is 26.5. The average Bonchev–Trinajstić information content (AvgIpc) is 3.33. The molecule has 2 aromatic rings. The molecule has 3 N–H and O–H groups in total. The molecule has 0 saturated carbocycles. The molecule has 3 heterocycles. The Kier molecular flexibility index (Phi) is 8.43. The molecule has 8 nitrogen and oxygen atoms in total. The fraction of sp³-hybridized carbons (Fsp3) is 0.471. The molecule has 45 heavy (non-hydrogen) atoms. The van der Waals surface area contributed by atoms with Crippen molar-refractivity contribution in [3.63, 3.8) is 0 Å². The van der Waals surface area contributed by atoms with Crippen molar-refractivity contribution in [3.05, 3.63) is 81.7 Å². The van der Waals surface area contributed by atoms with Crippen molar-refractivity contribution in [1.29, 1.82) is 0 Å². The number of alkyl halides is 1. The van der Waals surface area contributed by atoms with Gasteiger partial charge in [-0.1, -0.05) is 54.1 Å². The maximum absolute atomic E-state index is 16.8. The van der Waals surface area contributed by atoms with Crippen LogP contribution in [0.4, 0.5) is 19.3 Å². The highest BCUT2D eigenvalue weighted by atomic mass is 35.5. The van der Waals surface area contributed by atoms with Gasteiger partial charge in [0, 0.05) is 61.2 Å². The van der Waals surface area contributed by atoms with Crippen LogP contribution in [-0.2, 0) is 26.2 Å². The first-order chi connectivity index (χ1) is 21.4. The summed E-state index contributed by atoms with van der Waals surface area (Å²) >= 11 is 6.73. The molecule has 0 spiro atoms. The van der Waals surface area contributed by atoms with Crippen molar-refractivity contribution >= 4 is 34.9 Å². The summed E-state index contributed by atoms with van der Waals surface area (Å²) in [5.74, 6) is -1.55. The van der Waals surface area contributed by atoms with Gasteiger partial charge in [0.15, 0.2) is 0 Å². The van der Waals surface area contributed by atoms with Gasteiger partial charge in [-0.15, -0.1) is 0 Å². The van der Waals surface area contributed by atoms with Crippen LogP contribution in [0.1, 0.15) is 50.3 Å². The Labute approximate surface area is 267 Å². The third-order valence-electron chi connectivity index (χ3n) is 9.12. The van der Waals surface area contributed by atoms with E-state index in [1.54, 1.807) is 11.0 Å². The van der Waals surface area contributed by atoms with Crippen LogP contribution in [0.15, 0.2) is 54.1 Å². The van der Waals surface area contributed by atoms with Crippen molar-refractivity contribution in [1.82, 2.24) is 10.2 Å². The predicted molar refractivity (Wildman–Crippen MR) is 169 cm³/mol. The summed E-state index contributed by atoms with van der Waals surface area (Å²) in [5, 5.41) is 3.09. The van der Waals surface area contributed by atoms with Gasteiger partial charge in [0.25, 0.3) is 0 Å². The number of nitrogens with zero attached hydrogens (tertiary/aromatic N) is 2. The van der Waals surface area contributed by atoms with E-state index in [0.29, 0.717) is 37.6 Å². The Morgan fingerprint density at radius 3 is 2.53 bits per heavy atom. The van der Waals surface area contributed by atoms with Crippen LogP contribution in [0, 0.1) is 5.82 Å². The minimum absolute atomic E-state index is 0.0193. The summed E-state index contributed by atoms with van der Waals surface area (Å²) in [6.07, 6.45) is 2.66. The number of rotatable bonds is 5. The molecule has 1 aliphatic carbocycles. The van der Waals surface area contributed by atoms with Gasteiger partial charge in [0.1, 0.15) is 17.6 Å². The molecule has 3 unspecified atom stereocenters. The van der Waals surface area contributed by atoms with E-state index >= 15 is 8.78 Å². The number of amides is 2. The normalized spacial score (nSPS) is 25.3. The van der Waals surface area contributed by atoms with E-state index in [2.05, 4.69) is 10.2 Å². The first-order valence-electron chi connectivity index (χ1n) is 15.4. The van der Waals surface area contributed by atoms with E-state index in [0.717, 1.165) is 18.4 Å². The van der Waals surface area contributed by atoms with Crippen molar-refractivity contribution in [2.75, 3.05) is 37.7 Å². The van der Waals surface area contributed by atoms with Gasteiger partial charge < -0.3 is 30.3 Å². The Bertz CT molecular complexity index is 1550. The van der Waals surface area contributed by atoms with Crippen molar-refractivity contribution < 1.29 is 27.8 Å². The van der Waals surface area contributed by atoms with Gasteiger partial charge in [-0.05, 0) is 50.8 Å². The van der Waals surface area contributed by atoms with Crippen LogP contribution < -0.4 is 16.0 Å². The molecule has 4 aliphatic rings. The Balaban J connectivity index is 1.46. The zero-order chi connectivity index (χ0) is 32.1. The minimum Gasteiger partial charge on any atom is -0.444 e. The molecule has 3 atom stereocenters. The van der Waals surface area contributed by atoms with Crippen LogP contribution in [0.5, 0.6) is 0 Å². The molecule has 2 amide bonds. The number of anilines is 1. The Morgan fingerprint density at radius 2 is 1.87 bits per heavy atom. The highest BCUT2D eigenvalue weighted by molar-refractivity contribution is 6.33. The molecule has 3 aliphatic heterocycles. The van der Waals surface area contributed by atoms with Crippen LogP contribution in [0.3, 0.4) is 0 Å². The number of hydrogen-bond acceptors (Lipinski definition) is 6. The maximum atomic E-state index is 16.8. The molecule has 240 valence electrons. The quantitative estimate of drug-likeness (QED) is 0.462. The van der Waals surface area contributed by atoms with E-state index in [9.17, 15) is 9.59 Å². The van der Waals surface area contributed by atoms with Crippen molar-refractivity contribution in [2.45, 2.75) is 69.4 Å². The summed E-state index contributed by atoms with van der Waals surface area (Å²) in [6.45, 7) is 7.54. The van der Waals surface area contributed by atoms with Gasteiger partial charge in [-0.2, -0.15) is 0 Å². The summed E-state index contributed by atoms with van der Waals surface area (Å²) in [4.78, 5) is 29.8. The average molecular weight is 641 g/mol. The summed E-state index contributed by atoms with van der Waals surface area (Å²) in [6, 6.07) is 10.3. The largest absolute Gasteiger partial charge is 0.444 e. The fourth-order valence-electron chi connectivity index (χ4n) is 7.12. The first kappa shape index (κ1) is 31.5. The molecule has 2 saturated heterocycles. The third-order valence-corrected chi connectivity index (χ3v) is 9.49. The first-order valence-corrected chi connectivity index (χ1v) is 15.8. The Hall–Kier alpha value is -3.47. The standard InChI is InChI=1S/C34H39ClF2N4O4/c1-33(2,3)45-32(43)40-13-14-41-26-17-24(36)29(35)27(23(26)18-34(41,19-40)20-7-5-4-6-8-20)28-22(31(38)42)9-10-25(30(28)37)39-21-11-15-44-16-12-21/h4-10,17,21,25,30,39H,11-16,18-19H2,1-3H3,(H2,38,42). The van der Waals surface area contributed by atoms with E-state index in [4.69, 9.17) is 26.8 Å². The van der Waals surface area contributed by atoms with Gasteiger partial charge in [-0.25, -0.2) is 13.6 Å². The molecule has 0 aromatic heterocycles. The van der Waals surface area contributed by atoms with Crippen LogP contribution in [-0.4, -0.2) is 73.6 Å². The van der Waals surface area contributed by atoms with Gasteiger partial charge in [0.05, 0.1) is 23.1 Å². The number of benzene rings is 2. The number of primary amides is 1. The second-order valence-corrected chi connectivity index (χ2v) is 13.6. The molecule has 0 radical (unpaired) electrons. The Morgan fingerprint density at radius 1 is 1.16 bits per heavy atom. The monoisotopic (exact) mass is 640 g/mol. The number of nitrogens with one attached hydrogen (secondary N) is 1. The number of ether oxygens (including phenoxy) is 2. The zero-order valence-electron chi connectivity index (χ0n) is 25.7. The SMILES string of the molecule is CC(C)(C)OC(=O)N1CCN2c3cc(F)c(Cl)c(C4=C(C(N)=O)C=CC(NC5CCOCC5)C4F)c3CC2(c2ccccc2)C1. The van der Waals surface area contributed by atoms with E-state index in [-0.39, 0.29) is 40.7 Å². The number of piperazine rings is 1. The summed E-state index contributed by atoms with van der Waals surface area (Å²) in [7, 11) is 0. The van der Waals surface area contributed by atoms with E-state index in [1.807, 2.05) is 51.1 Å². The number of carbonyl (C=O) groups is 2. The van der Waals surface area contributed by atoms with Gasteiger partial charge >= 0.3 is 6.09 Å². The van der Waals surface area contributed by atoms with Gasteiger partial charge in [0.2, 0.25) is 5.91 Å². The second kappa shape index (κ2) is 12.0. The summed E-state index contributed by atoms with van der Waals surface area (Å²) in [5.41, 5.74) is 6.42. The van der Waals surface area contributed by atoms with Crippen molar-refractivity contribution in [2.24, 2.45) is 5.73 Å². The predicted octanol–water partition coefficient (Wildman–Crippen LogP) is 5.27. The van der Waals surface area contributed by atoms with E-state index in [1.165, 1.54) is 12.1 Å². The number of hydrogen-bond donors (Lipinski definition) is 2. The number of nitrogens with two attached hydrogens (primary N) is 1. The second-order valence-electron chi connectivity index (χ2n) is 13.2. The van der Waals surface area contributed by atoms with E-state index < -0.39 is 41.2 Å². The number of carbonyl (C=O) groups excluding carboxylic acids is 2. The van der Waals surface area contributed by atoms with Crippen molar-refractivity contribution in [3.8, 4) is 0 Å². The molecule has 2 fully saturated rings. The summed E-state index contributed by atoms with van der Waals surface area (Å²) < 4.78 is 43.8. The molecule has 0 bridgehead atoms. The number of fused-ring (bicyclic) bond motifs is 3. The number of halogens is 3. The highest BCUT2D eigenvalue weighted by Crippen LogP contribution is 2.52. The topological polar surface area (TPSA) is 97.1 Å². The third kappa shape index (κ3) is 5.84. The van der Waals surface area contributed by atoms with Crippen LogP contribution >= 0.6 is 11.6 Å². The molecule has 2 aromatic carbocycles. The molecular formula is C34H39ClF2N4O4. The van der Waals surface area contributed by atoms with Crippen LogP contribution in [0.25, 0.3) is 5.57 Å². The minimum atomic E-state index is -1.73. The highest BCUT2D eigenvalue weighted by Gasteiger charge is 2.52. The lowest BCUT2D eigenvalue weighted by molar-refractivity contribution is -0.114. The lowest BCUT2D eigenvalue weighted by atomic mass is 9.80. The molecule has 11 heteroatoms. The fourth-order valence-corrected chi connectivity index (χ4v) is 7.39. The molecular weight excluding hydrogens is 602 g/mol. The lowest BCUT2D eigenvalue weighted by Crippen LogP contribution is -2.60. The van der Waals surface area contributed by atoms with Crippen LogP contribution in [0.2, 0.25) is 5.02 Å².